The van der Waals surface area contributed by atoms with Gasteiger partial charge in [-0.1, -0.05) is 6.07 Å². The summed E-state index contributed by atoms with van der Waals surface area (Å²) in [6.07, 6.45) is -0.00421. The minimum Gasteiger partial charge on any atom is -0.477 e. The van der Waals surface area contributed by atoms with Crippen LogP contribution < -0.4 is 9.64 Å². The molecule has 24 heavy (non-hydrogen) atoms. The Balaban J connectivity index is 1.53. The standard InChI is InChI=1S/C16H17F3N4O/c17-16(18,19)13-4-8-21-15(22-13)23-9-5-12(6-10-23)11-24-14-3-1-2-7-20-14/h1-4,7-8,12H,5-6,9-11H2. The largest absolute Gasteiger partial charge is 0.477 e. The van der Waals surface area contributed by atoms with Crippen molar-refractivity contribution in [2.75, 3.05) is 24.6 Å². The van der Waals surface area contributed by atoms with Crippen molar-refractivity contribution in [3.63, 3.8) is 0 Å². The number of alkyl halides is 3. The minimum absolute atomic E-state index is 0.133. The van der Waals surface area contributed by atoms with E-state index >= 15 is 0 Å². The summed E-state index contributed by atoms with van der Waals surface area (Å²) in [4.78, 5) is 13.5. The maximum atomic E-state index is 12.7. The van der Waals surface area contributed by atoms with Gasteiger partial charge in [0.2, 0.25) is 11.8 Å². The van der Waals surface area contributed by atoms with E-state index in [9.17, 15) is 13.2 Å². The molecule has 1 aliphatic rings. The van der Waals surface area contributed by atoms with E-state index in [0.717, 1.165) is 25.1 Å². The van der Waals surface area contributed by atoms with E-state index in [4.69, 9.17) is 4.74 Å². The molecule has 2 aromatic rings. The van der Waals surface area contributed by atoms with Crippen LogP contribution in [0.2, 0.25) is 0 Å². The number of aromatic nitrogens is 3. The maximum Gasteiger partial charge on any atom is 0.433 e. The molecular weight excluding hydrogens is 321 g/mol. The molecule has 0 saturated carbocycles. The lowest BCUT2D eigenvalue weighted by molar-refractivity contribution is -0.141. The third kappa shape index (κ3) is 4.12. The summed E-state index contributed by atoms with van der Waals surface area (Å²) in [6, 6.07) is 6.36. The van der Waals surface area contributed by atoms with Gasteiger partial charge in [0.1, 0.15) is 5.69 Å². The molecule has 0 radical (unpaired) electrons. The number of ether oxygens (including phenoxy) is 1. The van der Waals surface area contributed by atoms with E-state index in [-0.39, 0.29) is 5.95 Å². The monoisotopic (exact) mass is 338 g/mol. The highest BCUT2D eigenvalue weighted by Gasteiger charge is 2.33. The number of hydrogen-bond donors (Lipinski definition) is 0. The summed E-state index contributed by atoms with van der Waals surface area (Å²) < 4.78 is 43.8. The van der Waals surface area contributed by atoms with Gasteiger partial charge in [0.05, 0.1) is 6.61 Å². The third-order valence-electron chi connectivity index (χ3n) is 3.94. The van der Waals surface area contributed by atoms with Crippen molar-refractivity contribution in [2.24, 2.45) is 5.92 Å². The zero-order valence-corrected chi connectivity index (χ0v) is 12.9. The molecular formula is C16H17F3N4O. The first-order valence-electron chi connectivity index (χ1n) is 7.71. The Hall–Kier alpha value is -2.38. The van der Waals surface area contributed by atoms with E-state index in [0.29, 0.717) is 31.5 Å². The van der Waals surface area contributed by atoms with Crippen LogP contribution in [0.25, 0.3) is 0 Å². The molecule has 0 aliphatic carbocycles. The summed E-state index contributed by atoms with van der Waals surface area (Å²) in [5.41, 5.74) is -0.909. The molecule has 0 spiro atoms. The van der Waals surface area contributed by atoms with Gasteiger partial charge >= 0.3 is 6.18 Å². The lowest BCUT2D eigenvalue weighted by Crippen LogP contribution is -2.36. The van der Waals surface area contributed by atoms with Crippen molar-refractivity contribution in [1.82, 2.24) is 15.0 Å². The predicted molar refractivity (Wildman–Crippen MR) is 81.7 cm³/mol. The first kappa shape index (κ1) is 16.5. The van der Waals surface area contributed by atoms with Crippen LogP contribution in [0.5, 0.6) is 5.88 Å². The van der Waals surface area contributed by atoms with E-state index < -0.39 is 11.9 Å². The molecule has 3 heterocycles. The smallest absolute Gasteiger partial charge is 0.433 e. The van der Waals surface area contributed by atoms with Gasteiger partial charge in [0.25, 0.3) is 0 Å². The van der Waals surface area contributed by atoms with Crippen LogP contribution in [0.4, 0.5) is 19.1 Å². The van der Waals surface area contributed by atoms with Gasteiger partial charge in [0, 0.05) is 31.5 Å². The summed E-state index contributed by atoms with van der Waals surface area (Å²) in [7, 11) is 0. The number of anilines is 1. The molecule has 2 aromatic heterocycles. The maximum absolute atomic E-state index is 12.7. The molecule has 0 aromatic carbocycles. The number of pyridine rings is 1. The van der Waals surface area contributed by atoms with Gasteiger partial charge in [-0.15, -0.1) is 0 Å². The second-order valence-corrected chi connectivity index (χ2v) is 5.65. The normalized spacial score (nSPS) is 16.2. The summed E-state index contributed by atoms with van der Waals surface area (Å²) in [5.74, 6) is 1.06. The quantitative estimate of drug-likeness (QED) is 0.857. The highest BCUT2D eigenvalue weighted by molar-refractivity contribution is 5.31. The Morgan fingerprint density at radius 2 is 1.88 bits per heavy atom. The van der Waals surface area contributed by atoms with Crippen molar-refractivity contribution >= 4 is 5.95 Å². The van der Waals surface area contributed by atoms with Gasteiger partial charge in [-0.3, -0.25) is 0 Å². The van der Waals surface area contributed by atoms with E-state index in [1.165, 1.54) is 0 Å². The molecule has 1 saturated heterocycles. The zero-order chi connectivity index (χ0) is 17.0. The van der Waals surface area contributed by atoms with Gasteiger partial charge in [0.15, 0.2) is 0 Å². The Morgan fingerprint density at radius 3 is 2.54 bits per heavy atom. The van der Waals surface area contributed by atoms with Crippen LogP contribution in [0, 0.1) is 5.92 Å². The predicted octanol–water partition coefficient (Wildman–Crippen LogP) is 3.19. The molecule has 0 atom stereocenters. The van der Waals surface area contributed by atoms with Gasteiger partial charge < -0.3 is 9.64 Å². The average Bonchev–Trinajstić information content (AvgIpc) is 2.61. The Bertz CT molecular complexity index is 658. The van der Waals surface area contributed by atoms with Crippen molar-refractivity contribution < 1.29 is 17.9 Å². The summed E-state index contributed by atoms with van der Waals surface area (Å²) >= 11 is 0. The van der Waals surface area contributed by atoms with Crippen LogP contribution in [0.3, 0.4) is 0 Å². The molecule has 0 N–H and O–H groups in total. The average molecular weight is 338 g/mol. The fourth-order valence-corrected chi connectivity index (χ4v) is 2.59. The summed E-state index contributed by atoms with van der Waals surface area (Å²) in [5, 5.41) is 0. The van der Waals surface area contributed by atoms with Crippen LogP contribution >= 0.6 is 0 Å². The second-order valence-electron chi connectivity index (χ2n) is 5.65. The van der Waals surface area contributed by atoms with E-state index in [2.05, 4.69) is 15.0 Å². The lowest BCUT2D eigenvalue weighted by Gasteiger charge is -2.31. The van der Waals surface area contributed by atoms with Gasteiger partial charge in [-0.25, -0.2) is 15.0 Å². The van der Waals surface area contributed by atoms with Crippen LogP contribution in [-0.4, -0.2) is 34.6 Å². The molecule has 1 fully saturated rings. The Kier molecular flexibility index (Phi) is 4.82. The molecule has 5 nitrogen and oxygen atoms in total. The number of halogens is 3. The van der Waals surface area contributed by atoms with Crippen LogP contribution in [-0.2, 0) is 6.18 Å². The number of rotatable bonds is 4. The number of hydrogen-bond acceptors (Lipinski definition) is 5. The molecule has 3 rings (SSSR count). The second kappa shape index (κ2) is 7.02. The van der Waals surface area contributed by atoms with Crippen molar-refractivity contribution in [3.05, 3.63) is 42.4 Å². The molecule has 128 valence electrons. The Morgan fingerprint density at radius 1 is 1.08 bits per heavy atom. The highest BCUT2D eigenvalue weighted by Crippen LogP contribution is 2.29. The van der Waals surface area contributed by atoms with E-state index in [1.807, 2.05) is 12.1 Å². The molecule has 1 aliphatic heterocycles. The third-order valence-corrected chi connectivity index (χ3v) is 3.94. The van der Waals surface area contributed by atoms with Crippen LogP contribution in [0.1, 0.15) is 18.5 Å². The van der Waals surface area contributed by atoms with Gasteiger partial charge in [-0.2, -0.15) is 13.2 Å². The fraction of sp³-hybridized carbons (Fsp3) is 0.438. The minimum atomic E-state index is -4.45. The molecule has 0 bridgehead atoms. The fourth-order valence-electron chi connectivity index (χ4n) is 2.59. The molecule has 0 unspecified atom stereocenters. The number of nitrogens with zero attached hydrogens (tertiary/aromatic N) is 4. The SMILES string of the molecule is FC(F)(F)c1ccnc(N2CCC(COc3ccccn3)CC2)n1. The van der Waals surface area contributed by atoms with Crippen molar-refractivity contribution in [2.45, 2.75) is 19.0 Å². The summed E-state index contributed by atoms with van der Waals surface area (Å²) in [6.45, 7) is 1.77. The topological polar surface area (TPSA) is 51.1 Å². The highest BCUT2D eigenvalue weighted by atomic mass is 19.4. The Labute approximate surface area is 137 Å². The molecule has 0 amide bonds. The van der Waals surface area contributed by atoms with E-state index in [1.54, 1.807) is 17.2 Å². The van der Waals surface area contributed by atoms with Crippen molar-refractivity contribution in [3.8, 4) is 5.88 Å². The van der Waals surface area contributed by atoms with Crippen LogP contribution in [0.15, 0.2) is 36.7 Å². The van der Waals surface area contributed by atoms with Gasteiger partial charge in [-0.05, 0) is 30.9 Å². The zero-order valence-electron chi connectivity index (χ0n) is 12.9. The van der Waals surface area contributed by atoms with Crippen molar-refractivity contribution in [1.29, 1.82) is 0 Å². The first-order chi connectivity index (χ1) is 11.5. The molecule has 8 heteroatoms. The first-order valence-corrected chi connectivity index (χ1v) is 7.71. The number of piperidine rings is 1. The lowest BCUT2D eigenvalue weighted by atomic mass is 9.98.